The SMILES string of the molecule is C=C(Nc1nc2ccc(C)nc2s1)Nc1cc(F)c(C)cc1F. The molecule has 0 aliphatic carbocycles. The molecule has 7 heteroatoms. The summed E-state index contributed by atoms with van der Waals surface area (Å²) in [6, 6.07) is 5.99. The Morgan fingerprint density at radius 3 is 2.65 bits per heavy atom. The van der Waals surface area contributed by atoms with Gasteiger partial charge in [0, 0.05) is 11.8 Å². The first-order valence-electron chi connectivity index (χ1n) is 6.85. The summed E-state index contributed by atoms with van der Waals surface area (Å²) in [4.78, 5) is 9.54. The summed E-state index contributed by atoms with van der Waals surface area (Å²) in [5.41, 5.74) is 1.94. The topological polar surface area (TPSA) is 49.8 Å². The van der Waals surface area contributed by atoms with Gasteiger partial charge in [-0.3, -0.25) is 0 Å². The number of hydrogen-bond acceptors (Lipinski definition) is 5. The number of aryl methyl sites for hydroxylation is 2. The molecule has 0 unspecified atom stereocenters. The maximum Gasteiger partial charge on any atom is 0.190 e. The number of hydrogen-bond donors (Lipinski definition) is 2. The molecule has 3 rings (SSSR count). The van der Waals surface area contributed by atoms with Gasteiger partial charge in [0.05, 0.1) is 5.69 Å². The lowest BCUT2D eigenvalue weighted by Gasteiger charge is -2.11. The fourth-order valence-corrected chi connectivity index (χ4v) is 2.94. The number of anilines is 2. The van der Waals surface area contributed by atoms with Gasteiger partial charge in [0.1, 0.15) is 27.8 Å². The minimum atomic E-state index is -0.548. The number of aromatic nitrogens is 2. The molecule has 23 heavy (non-hydrogen) atoms. The molecule has 0 saturated heterocycles. The number of benzene rings is 1. The van der Waals surface area contributed by atoms with E-state index in [1.165, 1.54) is 18.3 Å². The van der Waals surface area contributed by atoms with Gasteiger partial charge in [0.15, 0.2) is 5.13 Å². The van der Waals surface area contributed by atoms with Crippen LogP contribution in [0, 0.1) is 25.5 Å². The molecule has 1 aromatic carbocycles. The molecule has 2 N–H and O–H groups in total. The molecular weight excluding hydrogens is 318 g/mol. The summed E-state index contributed by atoms with van der Waals surface area (Å²) in [5, 5.41) is 6.21. The van der Waals surface area contributed by atoms with Crippen LogP contribution >= 0.6 is 11.3 Å². The molecule has 4 nitrogen and oxygen atoms in total. The predicted octanol–water partition coefficient (Wildman–Crippen LogP) is 4.58. The van der Waals surface area contributed by atoms with Gasteiger partial charge in [0.25, 0.3) is 0 Å². The van der Waals surface area contributed by atoms with Crippen LogP contribution in [0.15, 0.2) is 36.7 Å². The molecule has 0 spiro atoms. The van der Waals surface area contributed by atoms with Crippen molar-refractivity contribution in [1.82, 2.24) is 9.97 Å². The van der Waals surface area contributed by atoms with Crippen LogP contribution in [0.5, 0.6) is 0 Å². The zero-order valence-electron chi connectivity index (χ0n) is 12.6. The second-order valence-electron chi connectivity index (χ2n) is 5.11. The van der Waals surface area contributed by atoms with Crippen LogP contribution in [0.3, 0.4) is 0 Å². The van der Waals surface area contributed by atoms with Gasteiger partial charge in [0.2, 0.25) is 0 Å². The van der Waals surface area contributed by atoms with E-state index in [1.807, 2.05) is 19.1 Å². The molecule has 0 atom stereocenters. The molecule has 0 aliphatic heterocycles. The highest BCUT2D eigenvalue weighted by molar-refractivity contribution is 7.21. The van der Waals surface area contributed by atoms with Crippen molar-refractivity contribution in [2.45, 2.75) is 13.8 Å². The molecule has 118 valence electrons. The summed E-state index contributed by atoms with van der Waals surface area (Å²) >= 11 is 1.36. The average Bonchev–Trinajstić information content (AvgIpc) is 2.85. The van der Waals surface area contributed by atoms with Crippen molar-refractivity contribution in [3.05, 3.63) is 59.6 Å². The van der Waals surface area contributed by atoms with Gasteiger partial charge in [-0.1, -0.05) is 17.9 Å². The summed E-state index contributed by atoms with van der Waals surface area (Å²) < 4.78 is 27.4. The lowest BCUT2D eigenvalue weighted by Crippen LogP contribution is -2.09. The van der Waals surface area contributed by atoms with E-state index in [4.69, 9.17) is 0 Å². The number of fused-ring (bicyclic) bond motifs is 1. The van der Waals surface area contributed by atoms with Gasteiger partial charge >= 0.3 is 0 Å². The third-order valence-electron chi connectivity index (χ3n) is 3.19. The lowest BCUT2D eigenvalue weighted by atomic mass is 10.2. The Labute approximate surface area is 135 Å². The number of thiazole rings is 1. The Bertz CT molecular complexity index is 904. The van der Waals surface area contributed by atoms with Gasteiger partial charge < -0.3 is 10.6 Å². The molecule has 0 bridgehead atoms. The van der Waals surface area contributed by atoms with Crippen molar-refractivity contribution in [3.63, 3.8) is 0 Å². The first kappa shape index (κ1) is 15.4. The van der Waals surface area contributed by atoms with E-state index in [0.29, 0.717) is 11.0 Å². The molecular formula is C16H14F2N4S. The zero-order chi connectivity index (χ0) is 16.6. The summed E-state index contributed by atoms with van der Waals surface area (Å²) in [5.74, 6) is -0.738. The average molecular weight is 332 g/mol. The van der Waals surface area contributed by atoms with Crippen LogP contribution in [-0.4, -0.2) is 9.97 Å². The Morgan fingerprint density at radius 2 is 1.87 bits per heavy atom. The number of rotatable bonds is 4. The van der Waals surface area contributed by atoms with E-state index in [-0.39, 0.29) is 11.3 Å². The summed E-state index contributed by atoms with van der Waals surface area (Å²) in [6.07, 6.45) is 0. The van der Waals surface area contributed by atoms with Crippen LogP contribution in [-0.2, 0) is 0 Å². The fourth-order valence-electron chi connectivity index (χ4n) is 2.03. The number of halogens is 2. The van der Waals surface area contributed by atoms with Crippen molar-refractivity contribution in [1.29, 1.82) is 0 Å². The van der Waals surface area contributed by atoms with Crippen LogP contribution in [0.1, 0.15) is 11.3 Å². The molecule has 2 aromatic heterocycles. The van der Waals surface area contributed by atoms with Crippen LogP contribution < -0.4 is 10.6 Å². The summed E-state index contributed by atoms with van der Waals surface area (Å²) in [6.45, 7) is 7.17. The third kappa shape index (κ3) is 3.29. The lowest BCUT2D eigenvalue weighted by molar-refractivity contribution is 0.595. The second-order valence-corrected chi connectivity index (χ2v) is 6.08. The van der Waals surface area contributed by atoms with Gasteiger partial charge in [-0.2, -0.15) is 0 Å². The van der Waals surface area contributed by atoms with E-state index in [0.717, 1.165) is 28.2 Å². The predicted molar refractivity (Wildman–Crippen MR) is 89.6 cm³/mol. The molecule has 0 aliphatic rings. The zero-order valence-corrected chi connectivity index (χ0v) is 13.4. The van der Waals surface area contributed by atoms with E-state index >= 15 is 0 Å². The third-order valence-corrected chi connectivity index (χ3v) is 4.07. The monoisotopic (exact) mass is 332 g/mol. The van der Waals surface area contributed by atoms with Crippen LogP contribution in [0.25, 0.3) is 10.3 Å². The second kappa shape index (κ2) is 5.92. The van der Waals surface area contributed by atoms with E-state index in [1.54, 1.807) is 0 Å². The van der Waals surface area contributed by atoms with E-state index in [9.17, 15) is 8.78 Å². The van der Waals surface area contributed by atoms with Crippen molar-refractivity contribution in [2.24, 2.45) is 0 Å². The maximum atomic E-state index is 13.8. The molecule has 0 radical (unpaired) electrons. The van der Waals surface area contributed by atoms with Crippen LogP contribution in [0.2, 0.25) is 0 Å². The molecule has 2 heterocycles. The van der Waals surface area contributed by atoms with E-state index in [2.05, 4.69) is 27.2 Å². The highest BCUT2D eigenvalue weighted by Gasteiger charge is 2.10. The minimum absolute atomic E-state index is 0.0145. The summed E-state index contributed by atoms with van der Waals surface area (Å²) in [7, 11) is 0. The Morgan fingerprint density at radius 1 is 1.09 bits per heavy atom. The standard InChI is InChI=1S/C16H14F2N4S/c1-8-6-12(18)14(7-11(8)17)20-10(3)21-16-22-13-5-4-9(2)19-15(13)23-16/h4-7,20H,3H2,1-2H3,(H,21,22). The molecule has 3 aromatic rings. The van der Waals surface area contributed by atoms with Crippen LogP contribution in [0.4, 0.5) is 19.6 Å². The maximum absolute atomic E-state index is 13.8. The van der Waals surface area contributed by atoms with Crippen molar-refractivity contribution < 1.29 is 8.78 Å². The molecule has 0 fully saturated rings. The highest BCUT2D eigenvalue weighted by atomic mass is 32.1. The molecule has 0 saturated carbocycles. The number of pyridine rings is 1. The highest BCUT2D eigenvalue weighted by Crippen LogP contribution is 2.26. The van der Waals surface area contributed by atoms with Gasteiger partial charge in [-0.25, -0.2) is 18.7 Å². The van der Waals surface area contributed by atoms with E-state index < -0.39 is 11.6 Å². The Kier molecular flexibility index (Phi) is 3.96. The Balaban J connectivity index is 1.77. The van der Waals surface area contributed by atoms with Crippen molar-refractivity contribution >= 4 is 32.5 Å². The fraction of sp³-hybridized carbons (Fsp3) is 0.125. The number of nitrogens with zero attached hydrogens (tertiary/aromatic N) is 2. The quantitative estimate of drug-likeness (QED) is 0.734. The molecule has 0 amide bonds. The number of nitrogens with one attached hydrogen (secondary N) is 2. The Hall–Kier alpha value is -2.54. The van der Waals surface area contributed by atoms with Crippen molar-refractivity contribution in [2.75, 3.05) is 10.6 Å². The first-order valence-corrected chi connectivity index (χ1v) is 7.67. The normalized spacial score (nSPS) is 10.8. The van der Waals surface area contributed by atoms with Crippen molar-refractivity contribution in [3.8, 4) is 0 Å². The smallest absolute Gasteiger partial charge is 0.190 e. The van der Waals surface area contributed by atoms with Gasteiger partial charge in [-0.15, -0.1) is 0 Å². The largest absolute Gasteiger partial charge is 0.340 e. The van der Waals surface area contributed by atoms with Gasteiger partial charge in [-0.05, 0) is 37.6 Å². The first-order chi connectivity index (χ1) is 10.9. The minimum Gasteiger partial charge on any atom is -0.340 e.